The van der Waals surface area contributed by atoms with E-state index in [2.05, 4.69) is 0 Å². The highest BCUT2D eigenvalue weighted by atomic mass is 19.1. The first kappa shape index (κ1) is 10.1. The minimum absolute atomic E-state index is 0.278. The fourth-order valence-electron chi connectivity index (χ4n) is 2.06. The lowest BCUT2D eigenvalue weighted by atomic mass is 9.90. The van der Waals surface area contributed by atoms with Gasteiger partial charge in [-0.3, -0.25) is 4.79 Å². The molecule has 0 radical (unpaired) electrons. The number of benzene rings is 1. The number of hydrogen-bond acceptors (Lipinski definition) is 1. The lowest BCUT2D eigenvalue weighted by Gasteiger charge is -2.14. The zero-order chi connectivity index (χ0) is 11.2. The first-order valence-electron chi connectivity index (χ1n) is 4.98. The van der Waals surface area contributed by atoms with E-state index in [4.69, 9.17) is 5.11 Å². The van der Waals surface area contributed by atoms with Crippen LogP contribution in [0.1, 0.15) is 29.5 Å². The molecule has 1 fully saturated rings. The molecule has 0 aromatic heterocycles. The Hall–Kier alpha value is -1.38. The Morgan fingerprint density at radius 2 is 2.00 bits per heavy atom. The molecule has 1 aromatic carbocycles. The van der Waals surface area contributed by atoms with Crippen LogP contribution in [0.2, 0.25) is 0 Å². The minimum atomic E-state index is -0.839. The Bertz CT molecular complexity index is 433. The molecule has 0 amide bonds. The quantitative estimate of drug-likeness (QED) is 0.811. The van der Waals surface area contributed by atoms with Gasteiger partial charge in [-0.2, -0.15) is 0 Å². The van der Waals surface area contributed by atoms with Crippen molar-refractivity contribution < 1.29 is 14.3 Å². The zero-order valence-corrected chi connectivity index (χ0v) is 8.80. The van der Waals surface area contributed by atoms with Crippen LogP contribution in [-0.2, 0) is 10.2 Å². The van der Waals surface area contributed by atoms with Crippen molar-refractivity contribution in [2.75, 3.05) is 0 Å². The highest BCUT2D eigenvalue weighted by molar-refractivity contribution is 5.85. The van der Waals surface area contributed by atoms with Gasteiger partial charge in [0.25, 0.3) is 0 Å². The first-order chi connectivity index (χ1) is 6.99. The maximum Gasteiger partial charge on any atom is 0.314 e. The normalized spacial score (nSPS) is 17.5. The SMILES string of the molecule is Cc1ccc(C2(C(=O)O)CC2)c(C)c1F. The molecule has 80 valence electrons. The molecule has 0 aliphatic heterocycles. The Labute approximate surface area is 87.7 Å². The molecule has 1 aliphatic rings. The van der Waals surface area contributed by atoms with Crippen molar-refractivity contribution in [3.05, 3.63) is 34.6 Å². The maximum absolute atomic E-state index is 13.6. The third-order valence-electron chi connectivity index (χ3n) is 3.25. The summed E-state index contributed by atoms with van der Waals surface area (Å²) >= 11 is 0. The van der Waals surface area contributed by atoms with Crippen LogP contribution in [0.3, 0.4) is 0 Å². The molecule has 2 nitrogen and oxygen atoms in total. The summed E-state index contributed by atoms with van der Waals surface area (Å²) in [6.07, 6.45) is 1.23. The third-order valence-corrected chi connectivity index (χ3v) is 3.25. The van der Waals surface area contributed by atoms with Crippen molar-refractivity contribution in [1.82, 2.24) is 0 Å². The van der Waals surface area contributed by atoms with Crippen molar-refractivity contribution in [3.63, 3.8) is 0 Å². The van der Waals surface area contributed by atoms with Gasteiger partial charge in [0.2, 0.25) is 0 Å². The van der Waals surface area contributed by atoms with E-state index in [1.165, 1.54) is 0 Å². The van der Waals surface area contributed by atoms with Crippen LogP contribution in [0, 0.1) is 19.7 Å². The molecule has 0 unspecified atom stereocenters. The van der Waals surface area contributed by atoms with E-state index in [9.17, 15) is 9.18 Å². The summed E-state index contributed by atoms with van der Waals surface area (Å²) in [7, 11) is 0. The van der Waals surface area contributed by atoms with Crippen molar-refractivity contribution in [2.45, 2.75) is 32.1 Å². The van der Waals surface area contributed by atoms with Gasteiger partial charge in [-0.25, -0.2) is 4.39 Å². The van der Waals surface area contributed by atoms with E-state index in [1.807, 2.05) is 0 Å². The lowest BCUT2D eigenvalue weighted by molar-refractivity contribution is -0.140. The van der Waals surface area contributed by atoms with Gasteiger partial charge in [0, 0.05) is 0 Å². The lowest BCUT2D eigenvalue weighted by Crippen LogP contribution is -2.21. The van der Waals surface area contributed by atoms with E-state index >= 15 is 0 Å². The molecule has 2 rings (SSSR count). The number of aliphatic carboxylic acids is 1. The highest BCUT2D eigenvalue weighted by Crippen LogP contribution is 2.49. The second-order valence-electron chi connectivity index (χ2n) is 4.26. The molecule has 0 saturated heterocycles. The summed E-state index contributed by atoms with van der Waals surface area (Å²) in [4.78, 5) is 11.1. The van der Waals surface area contributed by atoms with Gasteiger partial charge in [0.1, 0.15) is 5.82 Å². The van der Waals surface area contributed by atoms with Crippen LogP contribution in [0.4, 0.5) is 4.39 Å². The standard InChI is InChI=1S/C12H13FO2/c1-7-3-4-9(8(2)10(7)13)12(5-6-12)11(14)15/h3-4H,5-6H2,1-2H3,(H,14,15). The summed E-state index contributed by atoms with van der Waals surface area (Å²) in [5.74, 6) is -1.12. The predicted molar refractivity (Wildman–Crippen MR) is 54.4 cm³/mol. The molecule has 1 saturated carbocycles. The Balaban J connectivity index is 2.55. The van der Waals surface area contributed by atoms with E-state index < -0.39 is 11.4 Å². The van der Waals surface area contributed by atoms with Crippen molar-refractivity contribution >= 4 is 5.97 Å². The van der Waals surface area contributed by atoms with Crippen LogP contribution >= 0.6 is 0 Å². The van der Waals surface area contributed by atoms with Crippen molar-refractivity contribution in [3.8, 4) is 0 Å². The third kappa shape index (κ3) is 1.34. The fraction of sp³-hybridized carbons (Fsp3) is 0.417. The number of rotatable bonds is 2. The molecular formula is C12H13FO2. The molecular weight excluding hydrogens is 195 g/mol. The van der Waals surface area contributed by atoms with Gasteiger partial charge in [0.15, 0.2) is 0 Å². The minimum Gasteiger partial charge on any atom is -0.481 e. The number of hydrogen-bond donors (Lipinski definition) is 1. The summed E-state index contributed by atoms with van der Waals surface area (Å²) in [6, 6.07) is 3.40. The topological polar surface area (TPSA) is 37.3 Å². The second kappa shape index (κ2) is 3.05. The van der Waals surface area contributed by atoms with Gasteiger partial charge >= 0.3 is 5.97 Å². The summed E-state index contributed by atoms with van der Waals surface area (Å²) < 4.78 is 13.6. The molecule has 0 spiro atoms. The van der Waals surface area contributed by atoms with Crippen LogP contribution in [-0.4, -0.2) is 11.1 Å². The zero-order valence-electron chi connectivity index (χ0n) is 8.80. The van der Waals surface area contributed by atoms with Crippen LogP contribution in [0.25, 0.3) is 0 Å². The van der Waals surface area contributed by atoms with E-state index in [0.29, 0.717) is 29.5 Å². The number of halogens is 1. The predicted octanol–water partition coefficient (Wildman–Crippen LogP) is 2.56. The van der Waals surface area contributed by atoms with Gasteiger partial charge < -0.3 is 5.11 Å². The van der Waals surface area contributed by atoms with Gasteiger partial charge in [0.05, 0.1) is 5.41 Å². The second-order valence-corrected chi connectivity index (χ2v) is 4.26. The summed E-state index contributed by atoms with van der Waals surface area (Å²) in [5, 5.41) is 9.12. The van der Waals surface area contributed by atoms with E-state index in [1.54, 1.807) is 26.0 Å². The number of aryl methyl sites for hydroxylation is 1. The van der Waals surface area contributed by atoms with Gasteiger partial charge in [-0.05, 0) is 43.4 Å². The van der Waals surface area contributed by atoms with Crippen LogP contribution in [0.5, 0.6) is 0 Å². The average molecular weight is 208 g/mol. The summed E-state index contributed by atoms with van der Waals surface area (Å²) in [5.41, 5.74) is 0.879. The van der Waals surface area contributed by atoms with Crippen molar-refractivity contribution in [1.29, 1.82) is 0 Å². The first-order valence-corrected chi connectivity index (χ1v) is 4.98. The smallest absolute Gasteiger partial charge is 0.314 e. The van der Waals surface area contributed by atoms with E-state index in [0.717, 1.165) is 0 Å². The fourth-order valence-corrected chi connectivity index (χ4v) is 2.06. The number of carboxylic acid groups (broad SMARTS) is 1. The Morgan fingerprint density at radius 3 is 2.47 bits per heavy atom. The average Bonchev–Trinajstić information content (AvgIpc) is 2.95. The monoisotopic (exact) mass is 208 g/mol. The Kier molecular flexibility index (Phi) is 2.07. The maximum atomic E-state index is 13.6. The largest absolute Gasteiger partial charge is 0.481 e. The van der Waals surface area contributed by atoms with Crippen molar-refractivity contribution in [2.24, 2.45) is 0 Å². The van der Waals surface area contributed by atoms with E-state index in [-0.39, 0.29) is 5.82 Å². The highest BCUT2D eigenvalue weighted by Gasteiger charge is 2.52. The van der Waals surface area contributed by atoms with Gasteiger partial charge in [-0.15, -0.1) is 0 Å². The molecule has 0 heterocycles. The molecule has 15 heavy (non-hydrogen) atoms. The molecule has 3 heteroatoms. The summed E-state index contributed by atoms with van der Waals surface area (Å²) in [6.45, 7) is 3.34. The van der Waals surface area contributed by atoms with Gasteiger partial charge in [-0.1, -0.05) is 12.1 Å². The number of carboxylic acids is 1. The molecule has 1 N–H and O–H groups in total. The molecule has 1 aliphatic carbocycles. The Morgan fingerprint density at radius 1 is 1.40 bits per heavy atom. The molecule has 0 bridgehead atoms. The van der Waals surface area contributed by atoms with Crippen LogP contribution < -0.4 is 0 Å². The number of carbonyl (C=O) groups is 1. The van der Waals surface area contributed by atoms with Crippen LogP contribution in [0.15, 0.2) is 12.1 Å². The molecule has 1 aromatic rings. The molecule has 0 atom stereocenters.